The zero-order chi connectivity index (χ0) is 18.1. The van der Waals surface area contributed by atoms with Crippen LogP contribution < -0.4 is 0 Å². The Balaban J connectivity index is 2.76. The molecular weight excluding hydrogens is 290 g/mol. The van der Waals surface area contributed by atoms with Crippen molar-refractivity contribution in [1.29, 1.82) is 0 Å². The smallest absolute Gasteiger partial charge is 0.429 e. The van der Waals surface area contributed by atoms with Gasteiger partial charge in [0.25, 0.3) is 0 Å². The summed E-state index contributed by atoms with van der Waals surface area (Å²) in [4.78, 5) is 0. The zero-order valence-electron chi connectivity index (χ0n) is 16.7. The number of aliphatic hydroxyl groups is 1. The summed E-state index contributed by atoms with van der Waals surface area (Å²) < 4.78 is 18.6. The van der Waals surface area contributed by atoms with E-state index in [9.17, 15) is 5.11 Å². The monoisotopic (exact) mass is 326 g/mol. The molecule has 1 aliphatic rings. The fraction of sp³-hybridized carbons (Fsp3) is 1.00. The maximum atomic E-state index is 10.3. The van der Waals surface area contributed by atoms with E-state index in [1.807, 2.05) is 20.7 Å². The molecule has 23 heavy (non-hydrogen) atoms. The summed E-state index contributed by atoms with van der Waals surface area (Å²) in [7, 11) is -0.418. The Morgan fingerprint density at radius 1 is 1.09 bits per heavy atom. The fourth-order valence-electron chi connectivity index (χ4n) is 2.77. The fourth-order valence-corrected chi connectivity index (χ4v) is 2.77. The summed E-state index contributed by atoms with van der Waals surface area (Å²) in [5.41, 5.74) is -2.31. The van der Waals surface area contributed by atoms with Crippen LogP contribution in [0.25, 0.3) is 0 Å². The van der Waals surface area contributed by atoms with Crippen LogP contribution in [0.15, 0.2) is 0 Å². The quantitative estimate of drug-likeness (QED) is 0.543. The Hall–Kier alpha value is -0.0301. The van der Waals surface area contributed by atoms with Gasteiger partial charge < -0.3 is 19.1 Å². The highest BCUT2D eigenvalue weighted by atomic mass is 16.7. The minimum absolute atomic E-state index is 0.260. The number of hydrogen-bond acceptors (Lipinski definition) is 4. The topological polar surface area (TPSA) is 47.9 Å². The maximum Gasteiger partial charge on any atom is 0.446 e. The molecule has 4 nitrogen and oxygen atoms in total. The lowest BCUT2D eigenvalue weighted by Gasteiger charge is -2.39. The molecule has 1 aliphatic heterocycles. The predicted molar refractivity (Wildman–Crippen MR) is 97.6 cm³/mol. The highest BCUT2D eigenvalue weighted by Gasteiger charge is 2.57. The molecule has 6 heteroatoms. The van der Waals surface area contributed by atoms with Crippen molar-refractivity contribution in [2.75, 3.05) is 0 Å². The molecule has 0 amide bonds. The molecule has 0 aromatic carbocycles. The highest BCUT2D eigenvalue weighted by molar-refractivity contribution is 7.13. The second kappa shape index (κ2) is 7.07. The van der Waals surface area contributed by atoms with Crippen molar-refractivity contribution in [2.24, 2.45) is 0 Å². The van der Waals surface area contributed by atoms with Gasteiger partial charge in [-0.2, -0.15) is 0 Å². The van der Waals surface area contributed by atoms with Crippen molar-refractivity contribution in [1.82, 2.24) is 0 Å². The second-order valence-corrected chi connectivity index (χ2v) is 8.69. The first-order chi connectivity index (χ1) is 10.3. The summed E-state index contributed by atoms with van der Waals surface area (Å²) in [6.07, 6.45) is 4.51. The summed E-state index contributed by atoms with van der Waals surface area (Å²) in [5, 5.41) is 10.3. The minimum atomic E-state index is -0.945. The standard InChI is InChI=1S/C17H36B2O4/c1-10-11-12-13-17(8)16(6,7)22-19(23-17)18(9)21-15(4,5)14(2,3)20/h20H,10-13H2,1-9H3. The molecule has 1 fully saturated rings. The Bertz CT molecular complexity index is 393. The van der Waals surface area contributed by atoms with Crippen molar-refractivity contribution in [3.05, 3.63) is 0 Å². The van der Waals surface area contributed by atoms with Gasteiger partial charge >= 0.3 is 13.8 Å². The summed E-state index contributed by atoms with van der Waals surface area (Å²) in [5.74, 6) is 0. The first kappa shape index (κ1) is 21.0. The van der Waals surface area contributed by atoms with Gasteiger partial charge in [-0.05, 0) is 54.9 Å². The van der Waals surface area contributed by atoms with Gasteiger partial charge in [0.05, 0.1) is 22.4 Å². The van der Waals surface area contributed by atoms with E-state index in [4.69, 9.17) is 14.0 Å². The minimum Gasteiger partial charge on any atom is -0.429 e. The van der Waals surface area contributed by atoms with Crippen LogP contribution in [0.1, 0.15) is 81.1 Å². The summed E-state index contributed by atoms with van der Waals surface area (Å²) in [6, 6.07) is 0. The Morgan fingerprint density at radius 2 is 1.65 bits per heavy atom. The maximum absolute atomic E-state index is 10.3. The van der Waals surface area contributed by atoms with Gasteiger partial charge in [-0.1, -0.05) is 33.0 Å². The van der Waals surface area contributed by atoms with Crippen molar-refractivity contribution in [3.63, 3.8) is 0 Å². The van der Waals surface area contributed by atoms with Crippen LogP contribution in [0.3, 0.4) is 0 Å². The summed E-state index contributed by atoms with van der Waals surface area (Å²) >= 11 is 0. The lowest BCUT2D eigenvalue weighted by atomic mass is 9.37. The molecule has 0 radical (unpaired) electrons. The molecule has 134 valence electrons. The van der Waals surface area contributed by atoms with E-state index in [1.165, 1.54) is 12.8 Å². The molecule has 1 unspecified atom stereocenters. The largest absolute Gasteiger partial charge is 0.446 e. The Labute approximate surface area is 143 Å². The van der Waals surface area contributed by atoms with Crippen molar-refractivity contribution < 1.29 is 19.1 Å². The van der Waals surface area contributed by atoms with E-state index < -0.39 is 18.2 Å². The van der Waals surface area contributed by atoms with Crippen molar-refractivity contribution in [2.45, 2.75) is 110 Å². The van der Waals surface area contributed by atoms with Crippen LogP contribution in [0.5, 0.6) is 0 Å². The van der Waals surface area contributed by atoms with E-state index in [-0.39, 0.29) is 18.0 Å². The van der Waals surface area contributed by atoms with E-state index in [2.05, 4.69) is 27.7 Å². The Morgan fingerprint density at radius 3 is 2.13 bits per heavy atom. The van der Waals surface area contributed by atoms with Gasteiger partial charge in [-0.25, -0.2) is 0 Å². The molecule has 0 aliphatic carbocycles. The first-order valence-electron chi connectivity index (χ1n) is 9.01. The zero-order valence-corrected chi connectivity index (χ0v) is 16.7. The lowest BCUT2D eigenvalue weighted by Crippen LogP contribution is -2.53. The van der Waals surface area contributed by atoms with Crippen LogP contribution in [-0.2, 0) is 14.0 Å². The average Bonchev–Trinajstić information content (AvgIpc) is 2.59. The molecular formula is C17H36B2O4. The molecule has 0 aromatic heterocycles. The Kier molecular flexibility index (Phi) is 6.46. The van der Waals surface area contributed by atoms with Crippen LogP contribution in [0.4, 0.5) is 0 Å². The van der Waals surface area contributed by atoms with E-state index in [0.29, 0.717) is 0 Å². The molecule has 0 spiro atoms. The molecule has 0 aromatic rings. The van der Waals surface area contributed by atoms with Gasteiger partial charge in [0.2, 0.25) is 0 Å². The highest BCUT2D eigenvalue weighted by Crippen LogP contribution is 2.42. The normalized spacial score (nSPS) is 25.0. The van der Waals surface area contributed by atoms with Crippen molar-refractivity contribution in [3.8, 4) is 0 Å². The summed E-state index contributed by atoms with van der Waals surface area (Å²) in [6.45, 7) is 17.5. The molecule has 0 bridgehead atoms. The number of rotatable bonds is 8. The third-order valence-corrected chi connectivity index (χ3v) is 5.66. The molecule has 1 atom stereocenters. The molecule has 0 saturated carbocycles. The van der Waals surface area contributed by atoms with Gasteiger partial charge in [0.15, 0.2) is 0 Å². The van der Waals surface area contributed by atoms with Crippen molar-refractivity contribution >= 4 is 13.8 Å². The average molecular weight is 326 g/mol. The number of hydrogen-bond donors (Lipinski definition) is 1. The predicted octanol–water partition coefficient (Wildman–Crippen LogP) is 3.90. The molecule has 1 saturated heterocycles. The van der Waals surface area contributed by atoms with Gasteiger partial charge in [-0.3, -0.25) is 0 Å². The van der Waals surface area contributed by atoms with Crippen LogP contribution in [0, 0.1) is 0 Å². The molecule has 1 heterocycles. The SMILES string of the molecule is CCCCCC1(C)OB(B(C)OC(C)(C)C(C)(C)O)OC1(C)C. The van der Waals surface area contributed by atoms with Crippen LogP contribution >= 0.6 is 0 Å². The second-order valence-electron chi connectivity index (χ2n) is 8.69. The first-order valence-corrected chi connectivity index (χ1v) is 9.01. The number of unbranched alkanes of at least 4 members (excludes halogenated alkanes) is 2. The molecule has 1 rings (SSSR count). The van der Waals surface area contributed by atoms with E-state index in [0.717, 1.165) is 12.8 Å². The van der Waals surface area contributed by atoms with Gasteiger partial charge in [0, 0.05) is 0 Å². The lowest BCUT2D eigenvalue weighted by molar-refractivity contribution is -0.0919. The molecule has 1 N–H and O–H groups in total. The van der Waals surface area contributed by atoms with Crippen LogP contribution in [-0.4, -0.2) is 41.3 Å². The third-order valence-electron chi connectivity index (χ3n) is 5.66. The van der Waals surface area contributed by atoms with E-state index in [1.54, 1.807) is 13.8 Å². The van der Waals surface area contributed by atoms with E-state index >= 15 is 0 Å². The van der Waals surface area contributed by atoms with Crippen LogP contribution in [0.2, 0.25) is 6.82 Å². The third kappa shape index (κ3) is 4.75. The van der Waals surface area contributed by atoms with Gasteiger partial charge in [-0.15, -0.1) is 0 Å². The van der Waals surface area contributed by atoms with Gasteiger partial charge in [0.1, 0.15) is 0 Å².